The van der Waals surface area contributed by atoms with Gasteiger partial charge < -0.3 is 10.4 Å². The second kappa shape index (κ2) is 7.66. The second-order valence-electron chi connectivity index (χ2n) is 4.92. The number of nitrogens with one attached hydrogen (secondary N) is 1. The monoisotopic (exact) mass is 227 g/mol. The third-order valence-corrected chi connectivity index (χ3v) is 3.45. The van der Waals surface area contributed by atoms with E-state index in [9.17, 15) is 9.90 Å². The van der Waals surface area contributed by atoms with Crippen molar-refractivity contribution >= 4 is 5.91 Å². The van der Waals surface area contributed by atoms with Gasteiger partial charge in [-0.1, -0.05) is 13.3 Å². The van der Waals surface area contributed by atoms with Gasteiger partial charge in [-0.3, -0.25) is 4.79 Å². The van der Waals surface area contributed by atoms with Crippen molar-refractivity contribution in [2.75, 3.05) is 6.54 Å². The number of aliphatic hydroxyl groups is 1. The summed E-state index contributed by atoms with van der Waals surface area (Å²) in [6.07, 6.45) is 7.77. The van der Waals surface area contributed by atoms with E-state index in [0.717, 1.165) is 51.5 Å². The molecule has 0 aliphatic heterocycles. The maximum absolute atomic E-state index is 11.5. The van der Waals surface area contributed by atoms with Gasteiger partial charge in [0, 0.05) is 13.0 Å². The van der Waals surface area contributed by atoms with Gasteiger partial charge in [0.05, 0.1) is 6.10 Å². The van der Waals surface area contributed by atoms with Crippen molar-refractivity contribution in [3.8, 4) is 0 Å². The molecule has 1 amide bonds. The third kappa shape index (κ3) is 5.50. The van der Waals surface area contributed by atoms with Gasteiger partial charge in [0.15, 0.2) is 0 Å². The summed E-state index contributed by atoms with van der Waals surface area (Å²) in [7, 11) is 0. The SMILES string of the molecule is CCCCNC(=O)CCC1CCC(O)CC1. The quantitative estimate of drug-likeness (QED) is 0.684. The van der Waals surface area contributed by atoms with Crippen LogP contribution in [0.25, 0.3) is 0 Å². The first kappa shape index (κ1) is 13.5. The Balaban J connectivity index is 2.03. The number of unbranched alkanes of at least 4 members (excludes halogenated alkanes) is 1. The van der Waals surface area contributed by atoms with E-state index in [2.05, 4.69) is 12.2 Å². The lowest BCUT2D eigenvalue weighted by molar-refractivity contribution is -0.121. The van der Waals surface area contributed by atoms with Gasteiger partial charge in [-0.15, -0.1) is 0 Å². The summed E-state index contributed by atoms with van der Waals surface area (Å²) in [4.78, 5) is 11.5. The molecule has 0 aromatic heterocycles. The van der Waals surface area contributed by atoms with Crippen molar-refractivity contribution in [3.63, 3.8) is 0 Å². The summed E-state index contributed by atoms with van der Waals surface area (Å²) < 4.78 is 0. The number of hydrogen-bond donors (Lipinski definition) is 2. The van der Waals surface area contributed by atoms with Crippen LogP contribution in [0.5, 0.6) is 0 Å². The summed E-state index contributed by atoms with van der Waals surface area (Å²) in [6, 6.07) is 0. The normalized spacial score (nSPS) is 25.4. The van der Waals surface area contributed by atoms with Crippen molar-refractivity contribution in [1.29, 1.82) is 0 Å². The fourth-order valence-electron chi connectivity index (χ4n) is 2.26. The summed E-state index contributed by atoms with van der Waals surface area (Å²) in [6.45, 7) is 2.94. The van der Waals surface area contributed by atoms with Gasteiger partial charge >= 0.3 is 0 Å². The van der Waals surface area contributed by atoms with Crippen molar-refractivity contribution in [3.05, 3.63) is 0 Å². The Bertz CT molecular complexity index is 198. The molecular weight excluding hydrogens is 202 g/mol. The average Bonchev–Trinajstić information content (AvgIpc) is 2.29. The van der Waals surface area contributed by atoms with E-state index >= 15 is 0 Å². The predicted octanol–water partition coefficient (Wildman–Crippen LogP) is 2.23. The molecule has 16 heavy (non-hydrogen) atoms. The summed E-state index contributed by atoms with van der Waals surface area (Å²) in [5.41, 5.74) is 0. The molecule has 1 rings (SSSR count). The van der Waals surface area contributed by atoms with E-state index in [1.807, 2.05) is 0 Å². The minimum Gasteiger partial charge on any atom is -0.393 e. The molecule has 0 spiro atoms. The molecule has 0 radical (unpaired) electrons. The van der Waals surface area contributed by atoms with Gasteiger partial charge in [-0.05, 0) is 44.4 Å². The summed E-state index contributed by atoms with van der Waals surface area (Å²) in [5.74, 6) is 0.847. The Labute approximate surface area is 98.6 Å². The molecule has 0 aromatic rings. The minimum atomic E-state index is -0.0883. The number of carbonyl (C=O) groups excluding carboxylic acids is 1. The van der Waals surface area contributed by atoms with Crippen LogP contribution in [0.2, 0.25) is 0 Å². The Morgan fingerprint density at radius 3 is 2.62 bits per heavy atom. The maximum atomic E-state index is 11.5. The number of hydrogen-bond acceptors (Lipinski definition) is 2. The second-order valence-corrected chi connectivity index (χ2v) is 4.92. The lowest BCUT2D eigenvalue weighted by Crippen LogP contribution is -2.25. The lowest BCUT2D eigenvalue weighted by atomic mass is 9.84. The van der Waals surface area contributed by atoms with Crippen LogP contribution in [0.3, 0.4) is 0 Å². The van der Waals surface area contributed by atoms with E-state index in [4.69, 9.17) is 0 Å². The molecule has 1 saturated carbocycles. The molecule has 3 nitrogen and oxygen atoms in total. The van der Waals surface area contributed by atoms with E-state index in [-0.39, 0.29) is 12.0 Å². The van der Waals surface area contributed by atoms with Crippen molar-refractivity contribution in [2.24, 2.45) is 5.92 Å². The van der Waals surface area contributed by atoms with Gasteiger partial charge in [0.2, 0.25) is 5.91 Å². The zero-order valence-corrected chi connectivity index (χ0v) is 10.4. The standard InChI is InChI=1S/C13H25NO2/c1-2-3-10-14-13(16)9-6-11-4-7-12(15)8-5-11/h11-12,15H,2-10H2,1H3,(H,14,16). The van der Waals surface area contributed by atoms with E-state index in [1.165, 1.54) is 0 Å². The van der Waals surface area contributed by atoms with Crippen LogP contribution in [-0.2, 0) is 4.79 Å². The Morgan fingerprint density at radius 2 is 2.00 bits per heavy atom. The van der Waals surface area contributed by atoms with Crippen LogP contribution in [0.4, 0.5) is 0 Å². The topological polar surface area (TPSA) is 49.3 Å². The highest BCUT2D eigenvalue weighted by Gasteiger charge is 2.19. The van der Waals surface area contributed by atoms with Crippen LogP contribution >= 0.6 is 0 Å². The summed E-state index contributed by atoms with van der Waals surface area (Å²) in [5, 5.41) is 12.3. The van der Waals surface area contributed by atoms with Crippen LogP contribution in [-0.4, -0.2) is 23.7 Å². The van der Waals surface area contributed by atoms with Crippen molar-refractivity contribution < 1.29 is 9.90 Å². The maximum Gasteiger partial charge on any atom is 0.220 e. The third-order valence-electron chi connectivity index (χ3n) is 3.45. The molecule has 1 fully saturated rings. The zero-order chi connectivity index (χ0) is 11.8. The molecule has 94 valence electrons. The van der Waals surface area contributed by atoms with Crippen LogP contribution in [0.15, 0.2) is 0 Å². The molecule has 0 bridgehead atoms. The van der Waals surface area contributed by atoms with Crippen LogP contribution < -0.4 is 5.32 Å². The highest BCUT2D eigenvalue weighted by Crippen LogP contribution is 2.27. The molecule has 0 saturated heterocycles. The van der Waals surface area contributed by atoms with Gasteiger partial charge in [0.25, 0.3) is 0 Å². The largest absolute Gasteiger partial charge is 0.393 e. The first-order chi connectivity index (χ1) is 7.72. The van der Waals surface area contributed by atoms with E-state index in [1.54, 1.807) is 0 Å². The molecule has 0 atom stereocenters. The van der Waals surface area contributed by atoms with E-state index < -0.39 is 0 Å². The van der Waals surface area contributed by atoms with Gasteiger partial charge in [0.1, 0.15) is 0 Å². The molecule has 0 heterocycles. The summed E-state index contributed by atoms with van der Waals surface area (Å²) >= 11 is 0. The Kier molecular flexibility index (Phi) is 6.46. The number of rotatable bonds is 6. The highest BCUT2D eigenvalue weighted by atomic mass is 16.3. The number of aliphatic hydroxyl groups excluding tert-OH is 1. The fourth-order valence-corrected chi connectivity index (χ4v) is 2.26. The molecule has 3 heteroatoms. The molecule has 0 aromatic carbocycles. The number of carbonyl (C=O) groups is 1. The molecule has 1 aliphatic rings. The van der Waals surface area contributed by atoms with Crippen LogP contribution in [0, 0.1) is 5.92 Å². The molecule has 2 N–H and O–H groups in total. The minimum absolute atomic E-state index is 0.0883. The highest BCUT2D eigenvalue weighted by molar-refractivity contribution is 5.75. The van der Waals surface area contributed by atoms with Crippen LogP contribution in [0.1, 0.15) is 58.3 Å². The first-order valence-corrected chi connectivity index (χ1v) is 6.67. The first-order valence-electron chi connectivity index (χ1n) is 6.67. The molecule has 1 aliphatic carbocycles. The fraction of sp³-hybridized carbons (Fsp3) is 0.923. The van der Waals surface area contributed by atoms with E-state index in [0.29, 0.717) is 12.3 Å². The molecule has 0 unspecified atom stereocenters. The average molecular weight is 227 g/mol. The zero-order valence-electron chi connectivity index (χ0n) is 10.4. The Morgan fingerprint density at radius 1 is 1.31 bits per heavy atom. The van der Waals surface area contributed by atoms with Crippen molar-refractivity contribution in [1.82, 2.24) is 5.32 Å². The van der Waals surface area contributed by atoms with Crippen molar-refractivity contribution in [2.45, 2.75) is 64.4 Å². The smallest absolute Gasteiger partial charge is 0.220 e. The number of amides is 1. The Hall–Kier alpha value is -0.570. The van der Waals surface area contributed by atoms with Gasteiger partial charge in [-0.25, -0.2) is 0 Å². The molecular formula is C13H25NO2. The van der Waals surface area contributed by atoms with Gasteiger partial charge in [-0.2, -0.15) is 0 Å². The predicted molar refractivity (Wildman–Crippen MR) is 65.1 cm³/mol. The lowest BCUT2D eigenvalue weighted by Gasteiger charge is -2.24.